The van der Waals surface area contributed by atoms with E-state index in [9.17, 15) is 0 Å². The third-order valence-electron chi connectivity index (χ3n) is 0. The third-order valence-corrected chi connectivity index (χ3v) is 0. The molecule has 1 N–H and O–H groups in total. The minimum Gasteiger partial charge on any atom is -0.870 e. The van der Waals surface area contributed by atoms with Gasteiger partial charge in [0.25, 0.3) is 0 Å². The molecule has 0 aliphatic carbocycles. The van der Waals surface area contributed by atoms with Crippen LogP contribution >= 0.6 is 0 Å². The Morgan fingerprint density at radius 2 is 0.750 bits per heavy atom. The molecule has 0 rings (SSSR count). The van der Waals surface area contributed by atoms with Crippen molar-refractivity contribution in [2.24, 2.45) is 0 Å². The summed E-state index contributed by atoms with van der Waals surface area (Å²) in [6, 6.07) is 0. The van der Waals surface area contributed by atoms with Crippen molar-refractivity contribution in [3.63, 3.8) is 0 Å². The number of hydrogen-bond donors (Lipinski definition) is 0. The second-order valence-electron chi connectivity index (χ2n) is 0.378. The smallest absolute Gasteiger partial charge is 0.870 e. The minimum absolute atomic E-state index is 0. The Hall–Kier alpha value is 1.28. The fourth-order valence-electron chi connectivity index (χ4n) is 0. The zero-order valence-electron chi connectivity index (χ0n) is 4.46. The molecule has 0 aliphatic rings. The van der Waals surface area contributed by atoms with E-state index in [2.05, 4.69) is 0 Å². The van der Waals surface area contributed by atoms with E-state index in [-0.39, 0.29) is 43.2 Å². The van der Waals surface area contributed by atoms with Crippen molar-refractivity contribution in [1.82, 2.24) is 0 Å². The molecule has 0 spiro atoms. The Kier molecular flexibility index (Phi) is 23.6. The molecule has 0 amide bonds. The summed E-state index contributed by atoms with van der Waals surface area (Å²) in [6.45, 7) is 0. The van der Waals surface area contributed by atoms with E-state index in [0.29, 0.717) is 0 Å². The van der Waals surface area contributed by atoms with Gasteiger partial charge in [-0.1, -0.05) is 0 Å². The minimum atomic E-state index is -4.94. The van der Waals surface area contributed by atoms with Gasteiger partial charge in [-0.2, -0.15) is 0 Å². The summed E-state index contributed by atoms with van der Waals surface area (Å²) in [5.41, 5.74) is 0. The van der Waals surface area contributed by atoms with Crippen molar-refractivity contribution >= 4 is 0 Å². The Balaban J connectivity index is -0.0000000267. The summed E-state index contributed by atoms with van der Waals surface area (Å²) in [6.07, 6.45) is 0. The van der Waals surface area contributed by atoms with Crippen molar-refractivity contribution in [3.05, 3.63) is 0 Å². The van der Waals surface area contributed by atoms with Gasteiger partial charge < -0.3 is 5.48 Å². The zero-order chi connectivity index (χ0) is 4.50. The van der Waals surface area contributed by atoms with Crippen LogP contribution in [-0.2, 0) is 0 Å². The summed E-state index contributed by atoms with van der Waals surface area (Å²) < 4.78 is 34.0. The summed E-state index contributed by atoms with van der Waals surface area (Å²) in [5.74, 6) is 0. The maximum atomic E-state index is 8.49. The molecule has 0 aromatic carbocycles. The fraction of sp³-hybridized carbons (Fsp3) is 0. The molecular weight excluding hydrogens is 129 g/mol. The first kappa shape index (κ1) is 22.8. The second-order valence-corrected chi connectivity index (χ2v) is 1.13. The van der Waals surface area contributed by atoms with Crippen LogP contribution in [0.15, 0.2) is 0 Å². The molecule has 0 saturated heterocycles. The van der Waals surface area contributed by atoms with E-state index >= 15 is 0 Å². The predicted octanol–water partition coefficient (Wildman–Crippen LogP) is -10.9. The number of rotatable bonds is 0. The van der Waals surface area contributed by atoms with E-state index in [0.717, 1.165) is 0 Å². The average Bonchev–Trinajstić information content (AvgIpc) is 0.722. The molecule has 0 unspecified atom stereocenters. The van der Waals surface area contributed by atoms with Gasteiger partial charge in [0, 0.05) is 0 Å². The Morgan fingerprint density at radius 1 is 0.750 bits per heavy atom. The zero-order valence-corrected chi connectivity index (χ0v) is 5.21. The van der Waals surface area contributed by atoms with Crippen molar-refractivity contribution in [3.8, 4) is 0 Å². The second kappa shape index (κ2) is 8.28. The van der Waals surface area contributed by atoms with Gasteiger partial charge in [-0.05, 0) is 0 Å². The van der Waals surface area contributed by atoms with E-state index in [1.807, 2.05) is 0 Å². The molecule has 0 aromatic rings. The Labute approximate surface area is 72.1 Å². The first-order chi connectivity index (χ1) is 2.00. The van der Waals surface area contributed by atoms with E-state index < -0.39 is 10.2 Å². The standard InChI is InChI=1S/ClHO4.2Li.H2O/c2-1(3,4)5;;;/h(H,2,3,4,5);;;1H2/q;2*+1;/p-2. The van der Waals surface area contributed by atoms with E-state index in [1.165, 1.54) is 0 Å². The van der Waals surface area contributed by atoms with Crippen LogP contribution in [0.1, 0.15) is 0 Å². The van der Waals surface area contributed by atoms with Crippen LogP contribution in [0.4, 0.5) is 0 Å². The van der Waals surface area contributed by atoms with Crippen LogP contribution < -0.4 is 56.4 Å². The van der Waals surface area contributed by atoms with E-state index in [4.69, 9.17) is 18.6 Å². The molecule has 0 aliphatic heterocycles. The molecule has 5 nitrogen and oxygen atoms in total. The SMILES string of the molecule is [Li+].[Li+].[O-][Cl+3]([O-])([O-])[O-].[OH-]. The van der Waals surface area contributed by atoms with Crippen LogP contribution in [0.3, 0.4) is 0 Å². The van der Waals surface area contributed by atoms with Crippen molar-refractivity contribution in [1.29, 1.82) is 0 Å². The predicted molar refractivity (Wildman–Crippen MR) is 1.94 cm³/mol. The molecule has 0 bridgehead atoms. The summed E-state index contributed by atoms with van der Waals surface area (Å²) in [7, 11) is -4.94. The van der Waals surface area contributed by atoms with Gasteiger partial charge in [0.1, 0.15) is 0 Å². The largest absolute Gasteiger partial charge is 1.00 e. The molecule has 0 saturated carbocycles. The van der Waals surface area contributed by atoms with Gasteiger partial charge >= 0.3 is 37.7 Å². The van der Waals surface area contributed by atoms with Crippen LogP contribution in [0.5, 0.6) is 0 Å². The Morgan fingerprint density at radius 3 is 0.750 bits per heavy atom. The van der Waals surface area contributed by atoms with Gasteiger partial charge in [-0.15, -0.1) is 10.2 Å². The summed E-state index contributed by atoms with van der Waals surface area (Å²) in [4.78, 5) is 0. The quantitative estimate of drug-likeness (QED) is 0.301. The van der Waals surface area contributed by atoms with Crippen LogP contribution in [-0.4, -0.2) is 5.48 Å². The van der Waals surface area contributed by atoms with Gasteiger partial charge in [0.2, 0.25) is 0 Å². The average molecular weight is 130 g/mol. The third kappa shape index (κ3) is 174. The first-order valence-corrected chi connectivity index (χ1v) is 1.85. The maximum Gasteiger partial charge on any atom is 1.00 e. The van der Waals surface area contributed by atoms with Crippen molar-refractivity contribution in [2.75, 3.05) is 0 Å². The summed E-state index contributed by atoms with van der Waals surface area (Å²) >= 11 is 0. The first-order valence-electron chi connectivity index (χ1n) is 0.617. The topological polar surface area (TPSA) is 122 Å². The van der Waals surface area contributed by atoms with Gasteiger partial charge in [0.15, 0.2) is 0 Å². The molecule has 0 radical (unpaired) electrons. The molecule has 0 fully saturated rings. The van der Waals surface area contributed by atoms with Crippen molar-refractivity contribution in [2.45, 2.75) is 0 Å². The van der Waals surface area contributed by atoms with Gasteiger partial charge in [0.05, 0.1) is 0 Å². The van der Waals surface area contributed by atoms with Crippen LogP contribution in [0.25, 0.3) is 0 Å². The van der Waals surface area contributed by atoms with Crippen LogP contribution in [0.2, 0.25) is 0 Å². The van der Waals surface area contributed by atoms with Crippen LogP contribution in [0, 0.1) is 10.2 Å². The molecule has 40 valence electrons. The fourth-order valence-corrected chi connectivity index (χ4v) is 0. The maximum absolute atomic E-state index is 8.49. The number of halogens is 1. The van der Waals surface area contributed by atoms with Crippen molar-refractivity contribution < 1.29 is 72.1 Å². The Bertz CT molecular complexity index is 25.9. The van der Waals surface area contributed by atoms with E-state index in [1.54, 1.807) is 0 Å². The van der Waals surface area contributed by atoms with Gasteiger partial charge in [-0.3, -0.25) is 0 Å². The monoisotopic (exact) mass is 130 g/mol. The summed E-state index contributed by atoms with van der Waals surface area (Å²) in [5, 5.41) is 0. The number of hydrogen-bond acceptors (Lipinski definition) is 5. The van der Waals surface area contributed by atoms with Gasteiger partial charge in [-0.25, -0.2) is 18.6 Å². The molecule has 0 aromatic heterocycles. The molecule has 0 heterocycles. The normalized spacial score (nSPS) is 7.50. The molecule has 8 heteroatoms. The molecule has 8 heavy (non-hydrogen) atoms. The molecular formula is HClLi2O5. The molecule has 0 atom stereocenters.